The van der Waals surface area contributed by atoms with E-state index in [-0.39, 0.29) is 12.3 Å². The fourth-order valence-corrected chi connectivity index (χ4v) is 4.96. The Labute approximate surface area is 233 Å². The van der Waals surface area contributed by atoms with Gasteiger partial charge in [-0.2, -0.15) is 5.10 Å². The van der Waals surface area contributed by atoms with Gasteiger partial charge in [0.25, 0.3) is 5.91 Å². The Bertz CT molecular complexity index is 1450. The summed E-state index contributed by atoms with van der Waals surface area (Å²) in [4.78, 5) is 26.5. The van der Waals surface area contributed by atoms with Crippen LogP contribution in [0.4, 0.5) is 0 Å². The lowest BCUT2D eigenvalue weighted by molar-refractivity contribution is -0.142. The monoisotopic (exact) mass is 539 g/mol. The highest BCUT2D eigenvalue weighted by Gasteiger charge is 2.30. The average molecular weight is 540 g/mol. The topological polar surface area (TPSA) is 91.7 Å². The van der Waals surface area contributed by atoms with Gasteiger partial charge in [-0.1, -0.05) is 42.5 Å². The summed E-state index contributed by atoms with van der Waals surface area (Å²) in [6.45, 7) is 0.466. The third-order valence-corrected chi connectivity index (χ3v) is 7.09. The van der Waals surface area contributed by atoms with Crippen LogP contribution in [-0.2, 0) is 35.4 Å². The fraction of sp³-hybridized carbons (Fsp3) is 0.281. The molecule has 4 aromatic rings. The van der Waals surface area contributed by atoms with Gasteiger partial charge in [-0.25, -0.2) is 9.48 Å². The molecule has 0 bridgehead atoms. The molecule has 1 unspecified atom stereocenters. The van der Waals surface area contributed by atoms with Gasteiger partial charge < -0.3 is 19.5 Å². The van der Waals surface area contributed by atoms with E-state index in [2.05, 4.69) is 5.32 Å². The molecule has 1 amide bonds. The Balaban J connectivity index is 1.34. The molecule has 1 aliphatic carbocycles. The zero-order chi connectivity index (χ0) is 27.9. The van der Waals surface area contributed by atoms with Gasteiger partial charge in [-0.3, -0.25) is 4.79 Å². The van der Waals surface area contributed by atoms with Crippen molar-refractivity contribution in [2.24, 2.45) is 0 Å². The number of rotatable bonds is 10. The van der Waals surface area contributed by atoms with Crippen molar-refractivity contribution in [1.82, 2.24) is 15.1 Å². The van der Waals surface area contributed by atoms with E-state index in [0.717, 1.165) is 59.5 Å². The molecule has 0 aliphatic heterocycles. The van der Waals surface area contributed by atoms with Gasteiger partial charge in [0.2, 0.25) is 0 Å². The van der Waals surface area contributed by atoms with Crippen molar-refractivity contribution in [3.8, 4) is 17.2 Å². The van der Waals surface area contributed by atoms with E-state index in [4.69, 9.17) is 19.3 Å². The molecule has 206 valence electrons. The molecule has 1 aliphatic rings. The molecule has 3 aromatic carbocycles. The molecule has 0 radical (unpaired) electrons. The van der Waals surface area contributed by atoms with Crippen LogP contribution in [0.3, 0.4) is 0 Å². The second-order valence-electron chi connectivity index (χ2n) is 9.76. The summed E-state index contributed by atoms with van der Waals surface area (Å²) in [6, 6.07) is 24.0. The van der Waals surface area contributed by atoms with Crippen LogP contribution in [0.25, 0.3) is 5.69 Å². The lowest BCUT2D eigenvalue weighted by atomic mass is 9.95. The minimum atomic E-state index is -0.868. The highest BCUT2D eigenvalue weighted by Crippen LogP contribution is 2.27. The number of benzene rings is 3. The second-order valence-corrected chi connectivity index (χ2v) is 9.76. The summed E-state index contributed by atoms with van der Waals surface area (Å²) in [5.74, 6) is 0.571. The van der Waals surface area contributed by atoms with Crippen LogP contribution in [-0.4, -0.2) is 41.9 Å². The van der Waals surface area contributed by atoms with Crippen molar-refractivity contribution >= 4 is 11.9 Å². The number of fused-ring (bicyclic) bond motifs is 1. The van der Waals surface area contributed by atoms with Crippen LogP contribution in [0, 0.1) is 0 Å². The zero-order valence-corrected chi connectivity index (χ0v) is 22.8. The third kappa shape index (κ3) is 6.17. The smallest absolute Gasteiger partial charge is 0.328 e. The van der Waals surface area contributed by atoms with Crippen LogP contribution >= 0.6 is 0 Å². The van der Waals surface area contributed by atoms with Crippen molar-refractivity contribution in [3.63, 3.8) is 0 Å². The molecule has 0 spiro atoms. The molecular weight excluding hydrogens is 506 g/mol. The van der Waals surface area contributed by atoms with Crippen molar-refractivity contribution < 1.29 is 23.8 Å². The number of carbonyl (C=O) groups is 2. The van der Waals surface area contributed by atoms with E-state index in [9.17, 15) is 9.59 Å². The maximum atomic E-state index is 13.8. The van der Waals surface area contributed by atoms with Gasteiger partial charge in [-0.15, -0.1) is 0 Å². The van der Waals surface area contributed by atoms with E-state index in [1.54, 1.807) is 11.8 Å². The first-order valence-corrected chi connectivity index (χ1v) is 13.4. The van der Waals surface area contributed by atoms with E-state index in [1.165, 1.54) is 7.11 Å². The predicted molar refractivity (Wildman–Crippen MR) is 151 cm³/mol. The standard InChI is InChI=1S/C32H33N3O5/c1-38-25-18-14-24(15-19-25)35-30(27-10-6-7-11-28(27)34-35)31(36)33-29(32(37)39-2)20-22-12-16-26(17-13-22)40-21-23-8-4-3-5-9-23/h3-5,8-9,12-19,29H,6-7,10-11,20-21H2,1-2H3,(H,33,36). The van der Waals surface area contributed by atoms with Crippen LogP contribution in [0.5, 0.6) is 11.5 Å². The molecule has 8 heteroatoms. The molecular formula is C32H33N3O5. The minimum Gasteiger partial charge on any atom is -0.497 e. The maximum Gasteiger partial charge on any atom is 0.328 e. The van der Waals surface area contributed by atoms with Crippen molar-refractivity contribution in [3.05, 3.63) is 107 Å². The van der Waals surface area contributed by atoms with Crippen LogP contribution < -0.4 is 14.8 Å². The summed E-state index contributed by atoms with van der Waals surface area (Å²) in [5.41, 5.74) is 5.01. The number of hydrogen-bond donors (Lipinski definition) is 1. The summed E-state index contributed by atoms with van der Waals surface area (Å²) < 4.78 is 17.9. The summed E-state index contributed by atoms with van der Waals surface area (Å²) in [7, 11) is 2.93. The van der Waals surface area contributed by atoms with E-state index in [0.29, 0.717) is 18.1 Å². The average Bonchev–Trinajstić information content (AvgIpc) is 3.40. The first-order chi connectivity index (χ1) is 19.6. The van der Waals surface area contributed by atoms with Crippen LogP contribution in [0.15, 0.2) is 78.9 Å². The number of ether oxygens (including phenoxy) is 3. The summed E-state index contributed by atoms with van der Waals surface area (Å²) in [6.07, 6.45) is 3.87. The Kier molecular flexibility index (Phi) is 8.44. The number of methoxy groups -OCH3 is 2. The van der Waals surface area contributed by atoms with Crippen molar-refractivity contribution in [1.29, 1.82) is 0 Å². The number of hydrogen-bond acceptors (Lipinski definition) is 6. The highest BCUT2D eigenvalue weighted by molar-refractivity contribution is 5.97. The normalized spacial score (nSPS) is 13.2. The number of esters is 1. The molecule has 1 atom stereocenters. The van der Waals surface area contributed by atoms with Crippen LogP contribution in [0.1, 0.15) is 45.7 Å². The molecule has 0 saturated carbocycles. The van der Waals surface area contributed by atoms with Crippen LogP contribution in [0.2, 0.25) is 0 Å². The van der Waals surface area contributed by atoms with E-state index in [1.807, 2.05) is 78.9 Å². The second kappa shape index (κ2) is 12.5. The van der Waals surface area contributed by atoms with Gasteiger partial charge in [0, 0.05) is 12.0 Å². The van der Waals surface area contributed by atoms with E-state index >= 15 is 0 Å². The SMILES string of the molecule is COC(=O)C(Cc1ccc(OCc2ccccc2)cc1)NC(=O)c1c2c(nn1-c1ccc(OC)cc1)CCCC2. The molecule has 5 rings (SSSR count). The first kappa shape index (κ1) is 27.0. The zero-order valence-electron chi connectivity index (χ0n) is 22.8. The predicted octanol–water partition coefficient (Wildman–Crippen LogP) is 4.85. The Morgan fingerprint density at radius 2 is 1.57 bits per heavy atom. The molecule has 0 saturated heterocycles. The molecule has 0 fully saturated rings. The number of nitrogens with one attached hydrogen (secondary N) is 1. The van der Waals surface area contributed by atoms with Gasteiger partial charge in [0.15, 0.2) is 0 Å². The van der Waals surface area contributed by atoms with Gasteiger partial charge in [-0.05, 0) is 73.2 Å². The number of aryl methyl sites for hydroxylation is 1. The molecule has 40 heavy (non-hydrogen) atoms. The Hall–Kier alpha value is -4.59. The Morgan fingerprint density at radius 1 is 0.875 bits per heavy atom. The fourth-order valence-electron chi connectivity index (χ4n) is 4.96. The quantitative estimate of drug-likeness (QED) is 0.290. The van der Waals surface area contributed by atoms with Gasteiger partial charge in [0.1, 0.15) is 29.8 Å². The largest absolute Gasteiger partial charge is 0.497 e. The lowest BCUT2D eigenvalue weighted by Gasteiger charge is -2.19. The van der Waals surface area contributed by atoms with Crippen molar-refractivity contribution in [2.75, 3.05) is 14.2 Å². The number of amides is 1. The number of nitrogens with zero attached hydrogens (tertiary/aromatic N) is 2. The van der Waals surface area contributed by atoms with Gasteiger partial charge in [0.05, 0.1) is 25.6 Å². The lowest BCUT2D eigenvalue weighted by Crippen LogP contribution is -2.44. The Morgan fingerprint density at radius 3 is 2.27 bits per heavy atom. The molecule has 8 nitrogen and oxygen atoms in total. The van der Waals surface area contributed by atoms with Crippen molar-refractivity contribution in [2.45, 2.75) is 44.8 Å². The minimum absolute atomic E-state index is 0.274. The first-order valence-electron chi connectivity index (χ1n) is 13.4. The van der Waals surface area contributed by atoms with E-state index < -0.39 is 12.0 Å². The molecule has 1 N–H and O–H groups in total. The number of carbonyl (C=O) groups excluding carboxylic acids is 2. The van der Waals surface area contributed by atoms with Gasteiger partial charge >= 0.3 is 5.97 Å². The summed E-state index contributed by atoms with van der Waals surface area (Å²) in [5, 5.41) is 7.72. The molecule has 1 heterocycles. The highest BCUT2D eigenvalue weighted by atomic mass is 16.5. The third-order valence-electron chi connectivity index (χ3n) is 7.09. The molecule has 1 aromatic heterocycles. The number of aromatic nitrogens is 2. The summed E-state index contributed by atoms with van der Waals surface area (Å²) >= 11 is 0. The maximum absolute atomic E-state index is 13.8.